The summed E-state index contributed by atoms with van der Waals surface area (Å²) in [5.41, 5.74) is 0.788. The third-order valence-electron chi connectivity index (χ3n) is 3.95. The molecule has 1 aromatic rings. The van der Waals surface area contributed by atoms with Crippen molar-refractivity contribution in [2.24, 2.45) is 5.10 Å². The van der Waals surface area contributed by atoms with E-state index in [1.165, 1.54) is 22.3 Å². The Morgan fingerprint density at radius 2 is 2.11 bits per heavy atom. The van der Waals surface area contributed by atoms with Crippen LogP contribution < -0.4 is 15.1 Å². The van der Waals surface area contributed by atoms with Crippen molar-refractivity contribution in [1.82, 2.24) is 10.3 Å². The number of cyclic esters (lactones) is 1. The van der Waals surface area contributed by atoms with Crippen LogP contribution in [0.5, 0.6) is 0 Å². The zero-order valence-corrected chi connectivity index (χ0v) is 15.3. The second kappa shape index (κ2) is 10.3. The molecule has 1 aromatic carbocycles. The largest absolute Gasteiger partial charge is 0.443 e. The highest BCUT2D eigenvalue weighted by molar-refractivity contribution is 5.90. The first-order valence-corrected chi connectivity index (χ1v) is 8.48. The highest BCUT2D eigenvalue weighted by atomic mass is 19.1. The van der Waals surface area contributed by atoms with Crippen LogP contribution in [-0.4, -0.2) is 76.1 Å². The van der Waals surface area contributed by atoms with Crippen LogP contribution in [-0.2, 0) is 14.3 Å². The second-order valence-electron chi connectivity index (χ2n) is 5.82. The number of anilines is 2. The number of amides is 2. The van der Waals surface area contributed by atoms with E-state index in [1.807, 2.05) is 0 Å². The summed E-state index contributed by atoms with van der Waals surface area (Å²) in [4.78, 5) is 34.4. The number of hydrazone groups is 1. The first-order chi connectivity index (χ1) is 13.5. The molecule has 0 saturated carbocycles. The van der Waals surface area contributed by atoms with E-state index >= 15 is 0 Å². The SMILES string of the molecule is CNCC1CN(c2ccc(N3C=NN(C=O)CC3)c(F)c2)C(=O)O1.O=CCF. The van der Waals surface area contributed by atoms with Gasteiger partial charge in [-0.15, -0.1) is 0 Å². The lowest BCUT2D eigenvalue weighted by atomic mass is 10.2. The third-order valence-corrected chi connectivity index (χ3v) is 3.95. The van der Waals surface area contributed by atoms with E-state index in [0.29, 0.717) is 44.0 Å². The highest BCUT2D eigenvalue weighted by Gasteiger charge is 2.32. The Morgan fingerprint density at radius 3 is 2.64 bits per heavy atom. The Labute approximate surface area is 160 Å². The van der Waals surface area contributed by atoms with Crippen LogP contribution in [0.3, 0.4) is 0 Å². The molecule has 0 radical (unpaired) electrons. The van der Waals surface area contributed by atoms with Gasteiger partial charge in [0.25, 0.3) is 0 Å². The van der Waals surface area contributed by atoms with Crippen LogP contribution in [0.4, 0.5) is 25.0 Å². The quantitative estimate of drug-likeness (QED) is 0.712. The Morgan fingerprint density at radius 1 is 1.36 bits per heavy atom. The molecule has 152 valence electrons. The number of halogens is 2. The lowest BCUT2D eigenvalue weighted by Gasteiger charge is -2.27. The summed E-state index contributed by atoms with van der Waals surface area (Å²) in [6, 6.07) is 4.56. The summed E-state index contributed by atoms with van der Waals surface area (Å²) in [5, 5.41) is 8.08. The van der Waals surface area contributed by atoms with Gasteiger partial charge in [0.05, 0.1) is 24.5 Å². The number of hydrogen-bond acceptors (Lipinski definition) is 7. The second-order valence-corrected chi connectivity index (χ2v) is 5.82. The molecule has 0 aliphatic carbocycles. The van der Waals surface area contributed by atoms with Crippen LogP contribution >= 0.6 is 0 Å². The Hall–Kier alpha value is -3.08. The third kappa shape index (κ3) is 5.22. The molecule has 2 aliphatic heterocycles. The zero-order valence-electron chi connectivity index (χ0n) is 15.3. The van der Waals surface area contributed by atoms with E-state index in [-0.39, 0.29) is 12.4 Å². The first-order valence-electron chi connectivity index (χ1n) is 8.48. The number of ether oxygens (including phenoxy) is 1. The summed E-state index contributed by atoms with van der Waals surface area (Å²) in [5.74, 6) is -0.469. The van der Waals surface area contributed by atoms with Crippen LogP contribution in [0, 0.1) is 5.82 Å². The van der Waals surface area contributed by atoms with Gasteiger partial charge in [-0.3, -0.25) is 9.69 Å². The van der Waals surface area contributed by atoms with Crippen molar-refractivity contribution in [3.05, 3.63) is 24.0 Å². The minimum Gasteiger partial charge on any atom is -0.443 e. The van der Waals surface area contributed by atoms with Gasteiger partial charge in [0.15, 0.2) is 6.29 Å². The van der Waals surface area contributed by atoms with Gasteiger partial charge < -0.3 is 19.7 Å². The van der Waals surface area contributed by atoms with Crippen molar-refractivity contribution < 1.29 is 27.9 Å². The number of benzene rings is 1. The fourth-order valence-corrected chi connectivity index (χ4v) is 2.68. The van der Waals surface area contributed by atoms with Crippen molar-refractivity contribution in [3.63, 3.8) is 0 Å². The summed E-state index contributed by atoms with van der Waals surface area (Å²) >= 11 is 0. The fourth-order valence-electron chi connectivity index (χ4n) is 2.68. The maximum absolute atomic E-state index is 14.5. The number of hydrogen-bond donors (Lipinski definition) is 1. The molecular weight excluding hydrogens is 376 g/mol. The standard InChI is InChI=1S/C15H18FN5O3.C2H3FO/c1-17-7-12-8-21(15(23)24-12)11-2-3-14(13(16)6-11)19-4-5-20(10-22)18-9-19;3-1-2-4/h2-3,6,9-10,12,17H,4-5,7-8H2,1H3;2H,1H2. The molecule has 0 bridgehead atoms. The molecule has 2 aliphatic rings. The highest BCUT2D eigenvalue weighted by Crippen LogP contribution is 2.27. The van der Waals surface area contributed by atoms with E-state index in [9.17, 15) is 18.4 Å². The molecule has 0 spiro atoms. The van der Waals surface area contributed by atoms with Crippen molar-refractivity contribution in [3.8, 4) is 0 Å². The van der Waals surface area contributed by atoms with Gasteiger partial charge in [-0.2, -0.15) is 5.10 Å². The van der Waals surface area contributed by atoms with Gasteiger partial charge >= 0.3 is 6.09 Å². The average Bonchev–Trinajstić information content (AvgIpc) is 3.08. The van der Waals surface area contributed by atoms with E-state index < -0.39 is 18.6 Å². The van der Waals surface area contributed by atoms with Crippen molar-refractivity contribution in [2.75, 3.05) is 49.7 Å². The minimum atomic E-state index is -0.861. The molecule has 0 aromatic heterocycles. The Bertz CT molecular complexity index is 733. The molecule has 1 atom stereocenters. The van der Waals surface area contributed by atoms with Gasteiger partial charge in [-0.1, -0.05) is 0 Å². The first kappa shape index (κ1) is 21.2. The van der Waals surface area contributed by atoms with Crippen LogP contribution in [0.25, 0.3) is 0 Å². The number of aldehydes is 1. The molecule has 1 N–H and O–H groups in total. The van der Waals surface area contributed by atoms with Crippen molar-refractivity contribution in [1.29, 1.82) is 0 Å². The molecule has 2 amide bonds. The van der Waals surface area contributed by atoms with E-state index in [2.05, 4.69) is 10.4 Å². The summed E-state index contributed by atoms with van der Waals surface area (Å²) < 4.78 is 30.0. The average molecular weight is 397 g/mol. The Kier molecular flexibility index (Phi) is 7.81. The maximum atomic E-state index is 14.5. The molecule has 28 heavy (non-hydrogen) atoms. The molecule has 1 fully saturated rings. The van der Waals surface area contributed by atoms with Crippen molar-refractivity contribution in [2.45, 2.75) is 6.10 Å². The lowest BCUT2D eigenvalue weighted by Crippen LogP contribution is -2.37. The number of alkyl halides is 1. The van der Waals surface area contributed by atoms with E-state index in [4.69, 9.17) is 9.53 Å². The topological polar surface area (TPSA) is 94.6 Å². The van der Waals surface area contributed by atoms with Gasteiger partial charge in [-0.05, 0) is 25.2 Å². The Balaban J connectivity index is 0.000000640. The predicted molar refractivity (Wildman–Crippen MR) is 98.6 cm³/mol. The molecule has 1 unspecified atom stereocenters. The smallest absolute Gasteiger partial charge is 0.414 e. The fraction of sp³-hybridized carbons (Fsp3) is 0.412. The van der Waals surface area contributed by atoms with Gasteiger partial charge in [-0.25, -0.2) is 18.6 Å². The lowest BCUT2D eigenvalue weighted by molar-refractivity contribution is -0.118. The van der Waals surface area contributed by atoms with E-state index in [0.717, 1.165) is 0 Å². The van der Waals surface area contributed by atoms with Crippen LogP contribution in [0.15, 0.2) is 23.3 Å². The number of nitrogens with zero attached hydrogens (tertiary/aromatic N) is 4. The maximum Gasteiger partial charge on any atom is 0.414 e. The summed E-state index contributed by atoms with van der Waals surface area (Å²) in [6.45, 7) is 0.873. The molecule has 2 heterocycles. The molecular formula is C17H21F2N5O4. The minimum absolute atomic E-state index is 0.208. The van der Waals surface area contributed by atoms with Gasteiger partial charge in [0, 0.05) is 13.1 Å². The molecule has 11 heteroatoms. The number of likely N-dealkylation sites (N-methyl/N-ethyl adjacent to an activating group) is 1. The van der Waals surface area contributed by atoms with Gasteiger partial charge in [0.1, 0.15) is 24.9 Å². The number of nitrogens with one attached hydrogen (secondary N) is 1. The number of carbonyl (C=O) groups excluding carboxylic acids is 3. The van der Waals surface area contributed by atoms with Crippen molar-refractivity contribution >= 4 is 36.5 Å². The monoisotopic (exact) mass is 397 g/mol. The molecule has 3 rings (SSSR count). The molecule has 9 nitrogen and oxygen atoms in total. The van der Waals surface area contributed by atoms with Crippen LogP contribution in [0.1, 0.15) is 0 Å². The van der Waals surface area contributed by atoms with E-state index in [1.54, 1.807) is 24.1 Å². The number of carbonyl (C=O) groups is 3. The van der Waals surface area contributed by atoms with Crippen LogP contribution in [0.2, 0.25) is 0 Å². The van der Waals surface area contributed by atoms with Gasteiger partial charge in [0.2, 0.25) is 6.41 Å². The normalized spacial score (nSPS) is 18.5. The summed E-state index contributed by atoms with van der Waals surface area (Å²) in [6.07, 6.45) is 1.49. The molecule has 1 saturated heterocycles. The summed E-state index contributed by atoms with van der Waals surface area (Å²) in [7, 11) is 1.77. The number of rotatable bonds is 6. The predicted octanol–water partition coefficient (Wildman–Crippen LogP) is 0.747. The zero-order chi connectivity index (χ0) is 20.5.